The van der Waals surface area contributed by atoms with E-state index in [2.05, 4.69) is 75.3 Å². The zero-order chi connectivity index (χ0) is 39.6. The molecule has 0 bridgehead atoms. The summed E-state index contributed by atoms with van der Waals surface area (Å²) in [5.74, 6) is 0.414. The summed E-state index contributed by atoms with van der Waals surface area (Å²) in [5.41, 5.74) is 10.0. The van der Waals surface area contributed by atoms with Gasteiger partial charge in [-0.25, -0.2) is 19.7 Å². The molecule has 268 valence electrons. The van der Waals surface area contributed by atoms with Gasteiger partial charge in [-0.3, -0.25) is 0 Å². The van der Waals surface area contributed by atoms with Crippen molar-refractivity contribution >= 4 is 50.2 Å². The van der Waals surface area contributed by atoms with Gasteiger partial charge in [-0.2, -0.15) is 10.5 Å². The lowest BCUT2D eigenvalue weighted by atomic mass is 10.0. The molecule has 0 radical (unpaired) electrons. The summed E-state index contributed by atoms with van der Waals surface area (Å²) < 4.78 is 2.03. The topological polar surface area (TPSA) is 90.2 Å². The largest absolute Gasteiger partial charge is 0.329 e. The zero-order valence-electron chi connectivity index (χ0n) is 30.7. The predicted octanol–water partition coefficient (Wildman–Crippen LogP) is 12.9. The van der Waals surface area contributed by atoms with Gasteiger partial charge in [0.05, 0.1) is 64.5 Å². The van der Waals surface area contributed by atoms with Crippen LogP contribution >= 0.6 is 0 Å². The van der Waals surface area contributed by atoms with Gasteiger partial charge in [-0.05, 0) is 109 Å². The first-order valence-corrected chi connectivity index (χ1v) is 18.3. The van der Waals surface area contributed by atoms with Crippen LogP contribution < -0.4 is 4.90 Å². The van der Waals surface area contributed by atoms with Gasteiger partial charge in [0.2, 0.25) is 11.4 Å². The summed E-state index contributed by atoms with van der Waals surface area (Å²) >= 11 is 0. The number of para-hydroxylation sites is 3. The number of rotatable bonds is 7. The van der Waals surface area contributed by atoms with E-state index in [4.69, 9.17) is 23.1 Å². The standard InChI is InChI=1S/C50H28N8/c1-53-45-27-37(44-30-43(35-21-17-33(31-51)18-22-35)55-50(56-44)36-23-19-34(32-52)20-24-36)28-46(54-2)49(45)58-47-16-10-9-15-41(47)42-29-40(25-26-48(42)58)57(38-11-5-3-6-12-38)39-13-7-4-8-14-39/h3-30H. The molecule has 9 aromatic rings. The highest BCUT2D eigenvalue weighted by Gasteiger charge is 2.22. The molecule has 8 nitrogen and oxygen atoms in total. The van der Waals surface area contributed by atoms with Crippen molar-refractivity contribution in [2.75, 3.05) is 4.90 Å². The Bertz CT molecular complexity index is 3040. The lowest BCUT2D eigenvalue weighted by Crippen LogP contribution is -2.09. The van der Waals surface area contributed by atoms with Gasteiger partial charge in [0.1, 0.15) is 0 Å². The number of hydrogen-bond donors (Lipinski definition) is 0. The van der Waals surface area contributed by atoms with Crippen LogP contribution in [0, 0.1) is 35.8 Å². The molecule has 2 aromatic heterocycles. The van der Waals surface area contributed by atoms with Crippen molar-refractivity contribution in [3.05, 3.63) is 204 Å². The third kappa shape index (κ3) is 6.22. The number of nitriles is 2. The Kier molecular flexibility index (Phi) is 8.90. The third-order valence-corrected chi connectivity index (χ3v) is 10.1. The van der Waals surface area contributed by atoms with E-state index in [0.29, 0.717) is 56.5 Å². The van der Waals surface area contributed by atoms with Crippen LogP contribution in [0.3, 0.4) is 0 Å². The van der Waals surface area contributed by atoms with E-state index in [9.17, 15) is 10.5 Å². The fourth-order valence-corrected chi connectivity index (χ4v) is 7.38. The smallest absolute Gasteiger partial charge is 0.200 e. The minimum Gasteiger partial charge on any atom is -0.329 e. The van der Waals surface area contributed by atoms with E-state index in [1.54, 1.807) is 48.5 Å². The summed E-state index contributed by atoms with van der Waals surface area (Å²) in [6.45, 7) is 16.9. The Labute approximate surface area is 334 Å². The fraction of sp³-hybridized carbons (Fsp3) is 0. The highest BCUT2D eigenvalue weighted by molar-refractivity contribution is 6.12. The van der Waals surface area contributed by atoms with Crippen LogP contribution in [-0.2, 0) is 0 Å². The molecule has 0 amide bonds. The van der Waals surface area contributed by atoms with E-state index >= 15 is 0 Å². The molecule has 58 heavy (non-hydrogen) atoms. The van der Waals surface area contributed by atoms with E-state index < -0.39 is 0 Å². The van der Waals surface area contributed by atoms with Crippen LogP contribution in [0.4, 0.5) is 28.4 Å². The van der Waals surface area contributed by atoms with Crippen molar-refractivity contribution in [3.8, 4) is 51.7 Å². The van der Waals surface area contributed by atoms with E-state index in [1.165, 1.54) is 0 Å². The maximum absolute atomic E-state index is 9.40. The normalized spacial score (nSPS) is 10.7. The summed E-state index contributed by atoms with van der Waals surface area (Å²) in [6.07, 6.45) is 0. The van der Waals surface area contributed by atoms with Gasteiger partial charge >= 0.3 is 0 Å². The van der Waals surface area contributed by atoms with Crippen molar-refractivity contribution in [1.29, 1.82) is 10.5 Å². The van der Waals surface area contributed by atoms with Crippen molar-refractivity contribution < 1.29 is 0 Å². The van der Waals surface area contributed by atoms with Gasteiger partial charge in [0, 0.05) is 39.0 Å². The lowest BCUT2D eigenvalue weighted by molar-refractivity contribution is 1.17. The molecule has 0 N–H and O–H groups in total. The number of hydrogen-bond acceptors (Lipinski definition) is 5. The minimum absolute atomic E-state index is 0.295. The number of aromatic nitrogens is 3. The molecule has 9 rings (SSSR count). The van der Waals surface area contributed by atoms with E-state index in [0.717, 1.165) is 44.4 Å². The molecule has 7 aromatic carbocycles. The first-order valence-electron chi connectivity index (χ1n) is 18.3. The number of nitrogens with zero attached hydrogens (tertiary/aromatic N) is 8. The summed E-state index contributed by atoms with van der Waals surface area (Å²) in [7, 11) is 0. The molecule has 0 aliphatic rings. The number of fused-ring (bicyclic) bond motifs is 3. The van der Waals surface area contributed by atoms with Crippen LogP contribution in [-0.4, -0.2) is 14.5 Å². The Morgan fingerprint density at radius 1 is 0.483 bits per heavy atom. The Morgan fingerprint density at radius 2 is 1.00 bits per heavy atom. The second-order valence-corrected chi connectivity index (χ2v) is 13.5. The lowest BCUT2D eigenvalue weighted by Gasteiger charge is -2.25. The van der Waals surface area contributed by atoms with Crippen molar-refractivity contribution in [2.24, 2.45) is 0 Å². The molecular formula is C50H28N8. The monoisotopic (exact) mass is 740 g/mol. The predicted molar refractivity (Wildman–Crippen MR) is 229 cm³/mol. The van der Waals surface area contributed by atoms with Gasteiger partial charge in [-0.15, -0.1) is 0 Å². The van der Waals surface area contributed by atoms with Crippen LogP contribution in [0.2, 0.25) is 0 Å². The number of anilines is 3. The third-order valence-electron chi connectivity index (χ3n) is 10.1. The van der Waals surface area contributed by atoms with Crippen LogP contribution in [0.5, 0.6) is 0 Å². The average Bonchev–Trinajstić information content (AvgIpc) is 3.62. The Balaban J connectivity index is 1.23. The molecule has 0 atom stereocenters. The molecule has 0 spiro atoms. The molecule has 0 saturated heterocycles. The molecule has 8 heteroatoms. The molecule has 0 aliphatic carbocycles. The molecule has 0 unspecified atom stereocenters. The van der Waals surface area contributed by atoms with Crippen molar-refractivity contribution in [1.82, 2.24) is 14.5 Å². The van der Waals surface area contributed by atoms with Gasteiger partial charge in [0.25, 0.3) is 0 Å². The summed E-state index contributed by atoms with van der Waals surface area (Å²) in [6, 6.07) is 58.7. The molecule has 0 aliphatic heterocycles. The summed E-state index contributed by atoms with van der Waals surface area (Å²) in [4.78, 5) is 20.1. The zero-order valence-corrected chi connectivity index (χ0v) is 30.7. The Morgan fingerprint density at radius 3 is 1.57 bits per heavy atom. The minimum atomic E-state index is 0.295. The van der Waals surface area contributed by atoms with E-state index in [1.807, 2.05) is 77.4 Å². The maximum atomic E-state index is 9.40. The summed E-state index contributed by atoms with van der Waals surface area (Å²) in [5, 5.41) is 20.8. The van der Waals surface area contributed by atoms with Crippen LogP contribution in [0.1, 0.15) is 11.1 Å². The van der Waals surface area contributed by atoms with Gasteiger partial charge in [0.15, 0.2) is 5.82 Å². The highest BCUT2D eigenvalue weighted by Crippen LogP contribution is 2.45. The maximum Gasteiger partial charge on any atom is 0.200 e. The second kappa shape index (κ2) is 14.8. The van der Waals surface area contributed by atoms with Crippen molar-refractivity contribution in [2.45, 2.75) is 0 Å². The van der Waals surface area contributed by atoms with Gasteiger partial charge < -0.3 is 9.47 Å². The quantitative estimate of drug-likeness (QED) is 0.152. The van der Waals surface area contributed by atoms with Crippen LogP contribution in [0.25, 0.3) is 71.1 Å². The molecular weight excluding hydrogens is 713 g/mol. The first-order chi connectivity index (χ1) is 28.6. The SMILES string of the molecule is [C-]#[N+]c1cc(-c2cc(-c3ccc(C#N)cc3)nc(-c3ccc(C#N)cc3)n2)cc([N+]#[C-])c1-n1c2ccccc2c2cc(N(c3ccccc3)c3ccccc3)ccc21. The second-order valence-electron chi connectivity index (χ2n) is 13.5. The first kappa shape index (κ1) is 34.9. The Hall–Kier alpha value is -8.82. The van der Waals surface area contributed by atoms with Gasteiger partial charge in [-0.1, -0.05) is 66.7 Å². The molecule has 2 heterocycles. The van der Waals surface area contributed by atoms with Crippen molar-refractivity contribution in [3.63, 3.8) is 0 Å². The highest BCUT2D eigenvalue weighted by atomic mass is 15.1. The van der Waals surface area contributed by atoms with E-state index in [-0.39, 0.29) is 0 Å². The molecule has 0 saturated carbocycles. The fourth-order valence-electron chi connectivity index (χ4n) is 7.38. The van der Waals surface area contributed by atoms with Crippen LogP contribution in [0.15, 0.2) is 170 Å². The number of benzene rings is 7. The molecule has 0 fully saturated rings. The average molecular weight is 741 g/mol.